The van der Waals surface area contributed by atoms with E-state index in [1.165, 1.54) is 0 Å². The molecule has 0 spiro atoms. The molecule has 98 valence electrons. The van der Waals surface area contributed by atoms with E-state index >= 15 is 0 Å². The molecular formula is C14H21N3O. The van der Waals surface area contributed by atoms with Crippen molar-refractivity contribution in [3.8, 4) is 0 Å². The summed E-state index contributed by atoms with van der Waals surface area (Å²) in [6, 6.07) is 0.161. The zero-order valence-electron chi connectivity index (χ0n) is 11.4. The van der Waals surface area contributed by atoms with E-state index in [0.29, 0.717) is 11.4 Å². The van der Waals surface area contributed by atoms with Crippen LogP contribution in [0.15, 0.2) is 25.0 Å². The van der Waals surface area contributed by atoms with Crippen LogP contribution >= 0.6 is 0 Å². The van der Waals surface area contributed by atoms with Crippen molar-refractivity contribution in [2.45, 2.75) is 39.7 Å². The van der Waals surface area contributed by atoms with Gasteiger partial charge < -0.3 is 4.90 Å². The average Bonchev–Trinajstić information content (AvgIpc) is 2.89. The Hall–Kier alpha value is -1.71. The molecule has 1 atom stereocenters. The first kappa shape index (κ1) is 14.4. The van der Waals surface area contributed by atoms with Crippen LogP contribution in [0.25, 0.3) is 0 Å². The summed E-state index contributed by atoms with van der Waals surface area (Å²) in [5.41, 5.74) is 0.555. The number of amides is 1. The van der Waals surface area contributed by atoms with E-state index in [1.807, 2.05) is 24.8 Å². The number of likely N-dealkylation sites (tertiary alicyclic amines) is 1. The SMILES string of the molecule is C=C[C@@H]1CCCN1C(=O)c1cnc(C)nc1.CC. The molecule has 4 heteroatoms. The van der Waals surface area contributed by atoms with Gasteiger partial charge in [0.05, 0.1) is 11.6 Å². The van der Waals surface area contributed by atoms with Crippen LogP contribution in [0.3, 0.4) is 0 Å². The number of aryl methyl sites for hydroxylation is 1. The van der Waals surface area contributed by atoms with E-state index in [2.05, 4.69) is 16.5 Å². The topological polar surface area (TPSA) is 46.1 Å². The maximum atomic E-state index is 12.1. The lowest BCUT2D eigenvalue weighted by atomic mass is 10.2. The summed E-state index contributed by atoms with van der Waals surface area (Å²) in [7, 11) is 0. The fourth-order valence-corrected chi connectivity index (χ4v) is 1.96. The van der Waals surface area contributed by atoms with Crippen LogP contribution in [-0.4, -0.2) is 33.4 Å². The van der Waals surface area contributed by atoms with Gasteiger partial charge in [0, 0.05) is 18.9 Å². The summed E-state index contributed by atoms with van der Waals surface area (Å²) in [5.74, 6) is 0.681. The minimum Gasteiger partial charge on any atom is -0.332 e. The standard InChI is InChI=1S/C12H15N3O.C2H6/c1-3-11-5-4-6-15(11)12(16)10-7-13-9(2)14-8-10;1-2/h3,7-8,11H,1,4-6H2,2H3;1-2H3/t11-;/m1./s1. The second kappa shape index (κ2) is 6.89. The van der Waals surface area contributed by atoms with Crippen molar-refractivity contribution in [3.05, 3.63) is 36.4 Å². The van der Waals surface area contributed by atoms with Gasteiger partial charge in [-0.15, -0.1) is 6.58 Å². The Labute approximate surface area is 109 Å². The molecular weight excluding hydrogens is 226 g/mol. The Morgan fingerprint density at radius 3 is 2.61 bits per heavy atom. The zero-order chi connectivity index (χ0) is 13.5. The van der Waals surface area contributed by atoms with Crippen molar-refractivity contribution < 1.29 is 4.79 Å². The van der Waals surface area contributed by atoms with E-state index in [4.69, 9.17) is 0 Å². The molecule has 1 amide bonds. The third-order valence-electron chi connectivity index (χ3n) is 2.86. The predicted octanol–water partition coefficient (Wildman–Crippen LogP) is 2.60. The minimum absolute atomic E-state index is 0.00222. The number of carbonyl (C=O) groups is 1. The molecule has 2 heterocycles. The smallest absolute Gasteiger partial charge is 0.257 e. The molecule has 0 N–H and O–H groups in total. The number of aromatic nitrogens is 2. The maximum Gasteiger partial charge on any atom is 0.257 e. The molecule has 1 aliphatic heterocycles. The molecule has 2 rings (SSSR count). The van der Waals surface area contributed by atoms with Crippen molar-refractivity contribution in [2.75, 3.05) is 6.54 Å². The van der Waals surface area contributed by atoms with Gasteiger partial charge in [0.25, 0.3) is 5.91 Å². The molecule has 0 radical (unpaired) electrons. The van der Waals surface area contributed by atoms with Gasteiger partial charge in [-0.2, -0.15) is 0 Å². The quantitative estimate of drug-likeness (QED) is 0.755. The van der Waals surface area contributed by atoms with Gasteiger partial charge in [0.1, 0.15) is 5.82 Å². The Balaban J connectivity index is 0.000000771. The predicted molar refractivity (Wildman–Crippen MR) is 72.4 cm³/mol. The summed E-state index contributed by atoms with van der Waals surface area (Å²) < 4.78 is 0. The molecule has 1 aromatic rings. The van der Waals surface area contributed by atoms with Crippen molar-refractivity contribution in [3.63, 3.8) is 0 Å². The second-order valence-corrected chi connectivity index (χ2v) is 3.96. The summed E-state index contributed by atoms with van der Waals surface area (Å²) in [5, 5.41) is 0. The fourth-order valence-electron chi connectivity index (χ4n) is 1.96. The molecule has 0 unspecified atom stereocenters. The average molecular weight is 247 g/mol. The van der Waals surface area contributed by atoms with Gasteiger partial charge in [-0.25, -0.2) is 9.97 Å². The van der Waals surface area contributed by atoms with Gasteiger partial charge in [-0.3, -0.25) is 4.79 Å². The van der Waals surface area contributed by atoms with Gasteiger partial charge in [0.2, 0.25) is 0 Å². The number of rotatable bonds is 2. The fraction of sp³-hybridized carbons (Fsp3) is 0.500. The van der Waals surface area contributed by atoms with Crippen LogP contribution in [0.1, 0.15) is 42.9 Å². The van der Waals surface area contributed by atoms with Gasteiger partial charge in [-0.05, 0) is 19.8 Å². The summed E-state index contributed by atoms with van der Waals surface area (Å²) >= 11 is 0. The van der Waals surface area contributed by atoms with E-state index in [1.54, 1.807) is 19.3 Å². The highest BCUT2D eigenvalue weighted by atomic mass is 16.2. The molecule has 1 fully saturated rings. The van der Waals surface area contributed by atoms with Crippen molar-refractivity contribution >= 4 is 5.91 Å². The van der Waals surface area contributed by atoms with Crippen LogP contribution in [-0.2, 0) is 0 Å². The molecule has 1 aromatic heterocycles. The molecule has 0 saturated carbocycles. The number of hydrogen-bond donors (Lipinski definition) is 0. The van der Waals surface area contributed by atoms with Gasteiger partial charge in [-0.1, -0.05) is 19.9 Å². The zero-order valence-corrected chi connectivity index (χ0v) is 11.4. The van der Waals surface area contributed by atoms with E-state index in [0.717, 1.165) is 19.4 Å². The largest absolute Gasteiger partial charge is 0.332 e. The van der Waals surface area contributed by atoms with Crippen molar-refractivity contribution in [1.82, 2.24) is 14.9 Å². The van der Waals surface area contributed by atoms with Crippen molar-refractivity contribution in [1.29, 1.82) is 0 Å². The lowest BCUT2D eigenvalue weighted by molar-refractivity contribution is 0.0761. The van der Waals surface area contributed by atoms with Crippen LogP contribution < -0.4 is 0 Å². The van der Waals surface area contributed by atoms with Crippen molar-refractivity contribution in [2.24, 2.45) is 0 Å². The van der Waals surface area contributed by atoms with Crippen LogP contribution in [0.5, 0.6) is 0 Å². The lowest BCUT2D eigenvalue weighted by Crippen LogP contribution is -2.34. The highest BCUT2D eigenvalue weighted by Crippen LogP contribution is 2.20. The number of hydrogen-bond acceptors (Lipinski definition) is 3. The molecule has 18 heavy (non-hydrogen) atoms. The molecule has 0 aliphatic carbocycles. The Kier molecular flexibility index (Phi) is 5.49. The van der Waals surface area contributed by atoms with Crippen LogP contribution in [0.2, 0.25) is 0 Å². The Morgan fingerprint density at radius 2 is 2.06 bits per heavy atom. The third kappa shape index (κ3) is 3.15. The van der Waals surface area contributed by atoms with Gasteiger partial charge in [0.15, 0.2) is 0 Å². The van der Waals surface area contributed by atoms with E-state index in [-0.39, 0.29) is 11.9 Å². The summed E-state index contributed by atoms with van der Waals surface area (Å²) in [4.78, 5) is 22.0. The number of carbonyl (C=O) groups excluding carboxylic acids is 1. The van der Waals surface area contributed by atoms with Gasteiger partial charge >= 0.3 is 0 Å². The molecule has 1 saturated heterocycles. The first-order valence-electron chi connectivity index (χ1n) is 6.44. The highest BCUT2D eigenvalue weighted by Gasteiger charge is 2.27. The Bertz CT molecular complexity index is 400. The van der Waals surface area contributed by atoms with Crippen LogP contribution in [0, 0.1) is 6.92 Å². The van der Waals surface area contributed by atoms with Crippen LogP contribution in [0.4, 0.5) is 0 Å². The first-order valence-corrected chi connectivity index (χ1v) is 6.44. The highest BCUT2D eigenvalue weighted by molar-refractivity contribution is 5.94. The summed E-state index contributed by atoms with van der Waals surface area (Å²) in [6.45, 7) is 10.4. The molecule has 0 bridgehead atoms. The monoisotopic (exact) mass is 247 g/mol. The Morgan fingerprint density at radius 1 is 1.44 bits per heavy atom. The third-order valence-corrected chi connectivity index (χ3v) is 2.86. The molecule has 4 nitrogen and oxygen atoms in total. The molecule has 0 aromatic carbocycles. The maximum absolute atomic E-state index is 12.1. The number of nitrogens with zero attached hydrogens (tertiary/aromatic N) is 3. The molecule has 1 aliphatic rings. The normalized spacial score (nSPS) is 17.9. The van der Waals surface area contributed by atoms with E-state index in [9.17, 15) is 4.79 Å². The first-order chi connectivity index (χ1) is 8.72. The van der Waals surface area contributed by atoms with E-state index < -0.39 is 0 Å². The second-order valence-electron chi connectivity index (χ2n) is 3.96. The lowest BCUT2D eigenvalue weighted by Gasteiger charge is -2.21. The minimum atomic E-state index is 0.00222. The summed E-state index contributed by atoms with van der Waals surface area (Å²) in [6.07, 6.45) is 7.04.